The van der Waals surface area contributed by atoms with Gasteiger partial charge in [-0.1, -0.05) is 81.4 Å². The van der Waals surface area contributed by atoms with E-state index in [9.17, 15) is 4.79 Å². The molecule has 0 saturated carbocycles. The van der Waals surface area contributed by atoms with Gasteiger partial charge in [0.05, 0.1) is 25.4 Å². The zero-order chi connectivity index (χ0) is 23.7. The van der Waals surface area contributed by atoms with Crippen LogP contribution in [0.4, 0.5) is 0 Å². The van der Waals surface area contributed by atoms with E-state index in [1.54, 1.807) is 0 Å². The third-order valence-electron chi connectivity index (χ3n) is 6.86. The van der Waals surface area contributed by atoms with Gasteiger partial charge in [-0.15, -0.1) is 0 Å². The lowest BCUT2D eigenvalue weighted by molar-refractivity contribution is -0.155. The molecule has 2 aliphatic heterocycles. The van der Waals surface area contributed by atoms with Gasteiger partial charge in [0.25, 0.3) is 8.32 Å². The maximum absolute atomic E-state index is 11.7. The molecule has 2 fully saturated rings. The molecule has 5 nitrogen and oxygen atoms in total. The van der Waals surface area contributed by atoms with E-state index in [1.165, 1.54) is 10.4 Å². The molecular weight excluding hydrogens is 432 g/mol. The number of hydrogen-bond acceptors (Lipinski definition) is 5. The van der Waals surface area contributed by atoms with Gasteiger partial charge in [-0.05, 0) is 29.3 Å². The average molecular weight is 469 g/mol. The van der Waals surface area contributed by atoms with Crippen molar-refractivity contribution in [1.29, 1.82) is 0 Å². The Hall–Kier alpha value is -1.83. The quantitative estimate of drug-likeness (QED) is 0.458. The number of carbonyl (C=O) groups excluding carboxylic acids is 1. The minimum absolute atomic E-state index is 0.0911. The molecule has 4 rings (SSSR count). The van der Waals surface area contributed by atoms with Crippen molar-refractivity contribution in [3.63, 3.8) is 0 Å². The molecule has 0 bridgehead atoms. The summed E-state index contributed by atoms with van der Waals surface area (Å²) < 4.78 is 25.5. The van der Waals surface area contributed by atoms with E-state index in [2.05, 4.69) is 69.3 Å². The van der Waals surface area contributed by atoms with Gasteiger partial charge in [-0.2, -0.15) is 0 Å². The minimum Gasteiger partial charge on any atom is -0.402 e. The molecule has 2 saturated heterocycles. The van der Waals surface area contributed by atoms with Crippen LogP contribution in [-0.4, -0.2) is 51.9 Å². The number of aldehydes is 1. The topological polar surface area (TPSA) is 54.0 Å². The first-order valence-electron chi connectivity index (χ1n) is 11.8. The van der Waals surface area contributed by atoms with E-state index in [-0.39, 0.29) is 29.3 Å². The highest BCUT2D eigenvalue weighted by molar-refractivity contribution is 6.99. The molecule has 0 radical (unpaired) electrons. The molecule has 2 heterocycles. The standard InChI is InChI=1S/C27H36O5Si/c1-26(2,3)33(20-12-8-6-9-13-20,21-14-10-7-11-15-21)32-23-18-29-25(22(23)16-17-28)24-19-30-27(4,5)31-24/h6-15,17,22-25H,16,18-19H2,1-5H3. The predicted molar refractivity (Wildman–Crippen MR) is 131 cm³/mol. The second-order valence-corrected chi connectivity index (χ2v) is 14.8. The molecule has 0 N–H and O–H groups in total. The van der Waals surface area contributed by atoms with Crippen LogP contribution < -0.4 is 10.4 Å². The third kappa shape index (κ3) is 4.73. The van der Waals surface area contributed by atoms with Crippen LogP contribution >= 0.6 is 0 Å². The van der Waals surface area contributed by atoms with E-state index >= 15 is 0 Å². The van der Waals surface area contributed by atoms with Gasteiger partial charge >= 0.3 is 0 Å². The first kappa shape index (κ1) is 24.3. The van der Waals surface area contributed by atoms with Crippen LogP contribution in [0.25, 0.3) is 0 Å². The SMILES string of the molecule is CC1(C)OCC(C2OCC(O[Si](c3ccccc3)(c3ccccc3)C(C)(C)C)C2CC=O)O1. The summed E-state index contributed by atoms with van der Waals surface area (Å²) in [5.74, 6) is -0.733. The van der Waals surface area contributed by atoms with E-state index in [4.69, 9.17) is 18.6 Å². The molecule has 0 spiro atoms. The van der Waals surface area contributed by atoms with Crippen LogP contribution in [-0.2, 0) is 23.4 Å². The lowest BCUT2D eigenvalue weighted by Gasteiger charge is -2.45. The van der Waals surface area contributed by atoms with E-state index < -0.39 is 14.1 Å². The van der Waals surface area contributed by atoms with Crippen molar-refractivity contribution < 1.29 is 23.4 Å². The number of rotatable bonds is 7. The smallest absolute Gasteiger partial charge is 0.261 e. The summed E-state index contributed by atoms with van der Waals surface area (Å²) >= 11 is 0. The molecule has 2 aromatic carbocycles. The molecule has 33 heavy (non-hydrogen) atoms. The molecule has 0 amide bonds. The van der Waals surface area contributed by atoms with Crippen molar-refractivity contribution in [2.75, 3.05) is 13.2 Å². The first-order chi connectivity index (χ1) is 15.7. The van der Waals surface area contributed by atoms with Crippen LogP contribution in [0.5, 0.6) is 0 Å². The van der Waals surface area contributed by atoms with Crippen LogP contribution in [0, 0.1) is 5.92 Å². The maximum atomic E-state index is 11.7. The first-order valence-corrected chi connectivity index (χ1v) is 13.7. The Balaban J connectivity index is 1.74. The Bertz CT molecular complexity index is 885. The van der Waals surface area contributed by atoms with Gasteiger partial charge in [0.2, 0.25) is 0 Å². The Labute approximate surface area is 198 Å². The van der Waals surface area contributed by atoms with Gasteiger partial charge in [-0.25, -0.2) is 0 Å². The average Bonchev–Trinajstić information content (AvgIpc) is 3.35. The summed E-state index contributed by atoms with van der Waals surface area (Å²) in [6.45, 7) is 11.5. The van der Waals surface area contributed by atoms with Crippen molar-refractivity contribution >= 4 is 25.0 Å². The van der Waals surface area contributed by atoms with E-state index in [1.807, 2.05) is 26.0 Å². The highest BCUT2D eigenvalue weighted by Gasteiger charge is 2.55. The molecular formula is C27H36O5Si. The van der Waals surface area contributed by atoms with E-state index in [0.29, 0.717) is 19.6 Å². The molecule has 4 atom stereocenters. The fraction of sp³-hybridized carbons (Fsp3) is 0.519. The van der Waals surface area contributed by atoms with Crippen molar-refractivity contribution in [2.24, 2.45) is 5.92 Å². The zero-order valence-corrected chi connectivity index (χ0v) is 21.3. The predicted octanol–water partition coefficient (Wildman–Crippen LogP) is 3.69. The van der Waals surface area contributed by atoms with Crippen LogP contribution in [0.1, 0.15) is 41.0 Å². The molecule has 0 aromatic heterocycles. The minimum atomic E-state index is -2.75. The number of benzene rings is 2. The Kier molecular flexibility index (Phi) is 6.94. The molecule has 178 valence electrons. The highest BCUT2D eigenvalue weighted by atomic mass is 28.4. The highest BCUT2D eigenvalue weighted by Crippen LogP contribution is 2.41. The summed E-state index contributed by atoms with van der Waals surface area (Å²) in [6.07, 6.45) is 0.694. The van der Waals surface area contributed by atoms with Gasteiger partial charge in [0, 0.05) is 12.3 Å². The Morgan fingerprint density at radius 1 is 1.00 bits per heavy atom. The van der Waals surface area contributed by atoms with Crippen molar-refractivity contribution in [1.82, 2.24) is 0 Å². The number of ether oxygens (including phenoxy) is 3. The normalized spacial score (nSPS) is 27.5. The molecule has 4 unspecified atom stereocenters. The van der Waals surface area contributed by atoms with Crippen molar-refractivity contribution in [2.45, 2.75) is 70.2 Å². The zero-order valence-electron chi connectivity index (χ0n) is 20.3. The Morgan fingerprint density at radius 2 is 1.58 bits per heavy atom. The fourth-order valence-corrected chi connectivity index (χ4v) is 10.1. The fourth-order valence-electron chi connectivity index (χ4n) is 5.36. The molecule has 6 heteroatoms. The summed E-state index contributed by atoms with van der Waals surface area (Å²) in [5.41, 5.74) is 0. The van der Waals surface area contributed by atoms with Crippen LogP contribution in [0.15, 0.2) is 60.7 Å². The summed E-state index contributed by atoms with van der Waals surface area (Å²) in [5, 5.41) is 2.30. The second kappa shape index (κ2) is 9.43. The maximum Gasteiger partial charge on any atom is 0.261 e. The Morgan fingerprint density at radius 3 is 2.03 bits per heavy atom. The van der Waals surface area contributed by atoms with Crippen LogP contribution in [0.3, 0.4) is 0 Å². The van der Waals surface area contributed by atoms with Gasteiger partial charge < -0.3 is 23.4 Å². The van der Waals surface area contributed by atoms with Gasteiger partial charge in [-0.3, -0.25) is 0 Å². The molecule has 2 aromatic rings. The number of carbonyl (C=O) groups is 1. The lowest BCUT2D eigenvalue weighted by atomic mass is 9.93. The van der Waals surface area contributed by atoms with Gasteiger partial charge in [0.1, 0.15) is 12.4 Å². The van der Waals surface area contributed by atoms with Crippen LogP contribution in [0.2, 0.25) is 5.04 Å². The summed E-state index contributed by atoms with van der Waals surface area (Å²) in [4.78, 5) is 11.7. The van der Waals surface area contributed by atoms with Gasteiger partial charge in [0.15, 0.2) is 5.79 Å². The largest absolute Gasteiger partial charge is 0.402 e. The number of hydrogen-bond donors (Lipinski definition) is 0. The molecule has 0 aliphatic carbocycles. The monoisotopic (exact) mass is 468 g/mol. The van der Waals surface area contributed by atoms with E-state index in [0.717, 1.165) is 6.29 Å². The van der Waals surface area contributed by atoms with Crippen molar-refractivity contribution in [3.05, 3.63) is 60.7 Å². The summed E-state index contributed by atoms with van der Waals surface area (Å²) in [6, 6.07) is 21.1. The van der Waals surface area contributed by atoms with Crippen molar-refractivity contribution in [3.8, 4) is 0 Å². The third-order valence-corrected chi connectivity index (χ3v) is 11.9. The summed E-state index contributed by atoms with van der Waals surface area (Å²) in [7, 11) is -2.75. The lowest BCUT2D eigenvalue weighted by Crippen LogP contribution is -2.68. The second-order valence-electron chi connectivity index (χ2n) is 10.6. The molecule has 2 aliphatic rings.